The van der Waals surface area contributed by atoms with Crippen molar-refractivity contribution in [3.8, 4) is 0 Å². The van der Waals surface area contributed by atoms with Crippen LogP contribution in [0.3, 0.4) is 0 Å². The molecule has 3 rings (SSSR count). The number of carbonyl (C=O) groups is 1. The summed E-state index contributed by atoms with van der Waals surface area (Å²) in [6.45, 7) is 10.2. The molecule has 0 aliphatic heterocycles. The van der Waals surface area contributed by atoms with Gasteiger partial charge in [0.15, 0.2) is 0 Å². The molecule has 0 radical (unpaired) electrons. The predicted molar refractivity (Wildman–Crippen MR) is 101 cm³/mol. The van der Waals surface area contributed by atoms with E-state index in [9.17, 15) is 4.79 Å². The lowest BCUT2D eigenvalue weighted by molar-refractivity contribution is 0.102. The standard InChI is InChI=1S/C20H19N3O/c1-4-14-9-8-11-17(19(14)21-3)22-20(24)16-13-23(5-2)18-12-7-6-10-15(16)18/h4,6-13H,1,3,5H2,2H3,(H,22,24). The van der Waals surface area contributed by atoms with Gasteiger partial charge in [0, 0.05) is 29.2 Å². The van der Waals surface area contributed by atoms with Crippen molar-refractivity contribution in [2.24, 2.45) is 4.99 Å². The number of aliphatic imine (C=N–C) groups is 1. The van der Waals surface area contributed by atoms with Crippen molar-refractivity contribution >= 4 is 41.0 Å². The first-order valence-corrected chi connectivity index (χ1v) is 7.81. The lowest BCUT2D eigenvalue weighted by atomic mass is 10.1. The second-order valence-corrected chi connectivity index (χ2v) is 5.41. The van der Waals surface area contributed by atoms with Crippen molar-refractivity contribution in [1.29, 1.82) is 0 Å². The summed E-state index contributed by atoms with van der Waals surface area (Å²) in [4.78, 5) is 16.8. The van der Waals surface area contributed by atoms with E-state index < -0.39 is 0 Å². The number of hydrogen-bond donors (Lipinski definition) is 1. The number of rotatable bonds is 5. The number of para-hydroxylation sites is 2. The van der Waals surface area contributed by atoms with Crippen molar-refractivity contribution in [2.45, 2.75) is 13.5 Å². The van der Waals surface area contributed by atoms with E-state index in [0.717, 1.165) is 23.0 Å². The molecule has 0 atom stereocenters. The minimum absolute atomic E-state index is 0.162. The molecule has 0 saturated carbocycles. The van der Waals surface area contributed by atoms with Gasteiger partial charge in [-0.05, 0) is 25.8 Å². The summed E-state index contributed by atoms with van der Waals surface area (Å²) in [5, 5.41) is 3.88. The molecule has 120 valence electrons. The fourth-order valence-electron chi connectivity index (χ4n) is 2.88. The Morgan fingerprint density at radius 3 is 2.75 bits per heavy atom. The molecule has 3 aromatic rings. The van der Waals surface area contributed by atoms with Gasteiger partial charge in [-0.1, -0.05) is 43.0 Å². The summed E-state index contributed by atoms with van der Waals surface area (Å²) in [7, 11) is 0. The van der Waals surface area contributed by atoms with Crippen LogP contribution in [-0.4, -0.2) is 17.2 Å². The third-order valence-corrected chi connectivity index (χ3v) is 4.07. The minimum Gasteiger partial charge on any atom is -0.347 e. The molecule has 1 aromatic heterocycles. The number of aromatic nitrogens is 1. The third kappa shape index (κ3) is 2.63. The fourth-order valence-corrected chi connectivity index (χ4v) is 2.88. The monoisotopic (exact) mass is 317 g/mol. The van der Waals surface area contributed by atoms with Crippen molar-refractivity contribution in [2.75, 3.05) is 5.32 Å². The highest BCUT2D eigenvalue weighted by molar-refractivity contribution is 6.14. The van der Waals surface area contributed by atoms with Gasteiger partial charge in [-0.2, -0.15) is 0 Å². The van der Waals surface area contributed by atoms with E-state index in [0.29, 0.717) is 16.9 Å². The molecule has 0 spiro atoms. The molecule has 1 N–H and O–H groups in total. The van der Waals surface area contributed by atoms with E-state index in [1.165, 1.54) is 0 Å². The molecular weight excluding hydrogens is 298 g/mol. The van der Waals surface area contributed by atoms with Crippen LogP contribution in [0.2, 0.25) is 0 Å². The van der Waals surface area contributed by atoms with Gasteiger partial charge in [-0.3, -0.25) is 9.79 Å². The number of benzene rings is 2. The topological polar surface area (TPSA) is 46.4 Å². The smallest absolute Gasteiger partial charge is 0.257 e. The van der Waals surface area contributed by atoms with Crippen LogP contribution in [0.4, 0.5) is 11.4 Å². The van der Waals surface area contributed by atoms with Crippen LogP contribution in [0, 0.1) is 0 Å². The molecule has 0 aliphatic rings. The zero-order chi connectivity index (χ0) is 17.1. The number of carbonyl (C=O) groups excluding carboxylic acids is 1. The Balaban J connectivity index is 2.03. The molecule has 0 unspecified atom stereocenters. The predicted octanol–water partition coefficient (Wildman–Crippen LogP) is 4.89. The van der Waals surface area contributed by atoms with Gasteiger partial charge in [-0.15, -0.1) is 0 Å². The Labute approximate surface area is 141 Å². The van der Waals surface area contributed by atoms with Crippen LogP contribution in [-0.2, 0) is 6.54 Å². The van der Waals surface area contributed by atoms with E-state index >= 15 is 0 Å². The maximum absolute atomic E-state index is 12.8. The number of nitrogens with zero attached hydrogens (tertiary/aromatic N) is 2. The lowest BCUT2D eigenvalue weighted by Crippen LogP contribution is -2.11. The molecule has 0 bridgehead atoms. The summed E-state index contributed by atoms with van der Waals surface area (Å²) < 4.78 is 2.07. The zero-order valence-corrected chi connectivity index (χ0v) is 13.6. The van der Waals surface area contributed by atoms with Crippen LogP contribution < -0.4 is 5.32 Å². The van der Waals surface area contributed by atoms with E-state index in [1.807, 2.05) is 48.7 Å². The number of hydrogen-bond acceptors (Lipinski definition) is 2. The van der Waals surface area contributed by atoms with Crippen molar-refractivity contribution < 1.29 is 4.79 Å². The number of anilines is 1. The van der Waals surface area contributed by atoms with Gasteiger partial charge in [0.2, 0.25) is 0 Å². The Morgan fingerprint density at radius 1 is 1.25 bits per heavy atom. The van der Waals surface area contributed by atoms with Gasteiger partial charge in [-0.25, -0.2) is 0 Å². The first-order valence-electron chi connectivity index (χ1n) is 7.81. The molecule has 4 nitrogen and oxygen atoms in total. The van der Waals surface area contributed by atoms with Gasteiger partial charge in [0.25, 0.3) is 5.91 Å². The Bertz CT molecular complexity index is 937. The zero-order valence-electron chi connectivity index (χ0n) is 13.6. The highest BCUT2D eigenvalue weighted by Gasteiger charge is 2.16. The fraction of sp³-hybridized carbons (Fsp3) is 0.100. The number of fused-ring (bicyclic) bond motifs is 1. The van der Waals surface area contributed by atoms with Gasteiger partial charge in [0.1, 0.15) is 0 Å². The quantitative estimate of drug-likeness (QED) is 0.669. The normalized spacial score (nSPS) is 10.5. The number of aryl methyl sites for hydroxylation is 1. The Morgan fingerprint density at radius 2 is 2.04 bits per heavy atom. The minimum atomic E-state index is -0.162. The molecule has 0 fully saturated rings. The summed E-state index contributed by atoms with van der Waals surface area (Å²) in [6, 6.07) is 13.5. The summed E-state index contributed by atoms with van der Waals surface area (Å²) in [5.74, 6) is -0.162. The molecule has 1 amide bonds. The Hall–Kier alpha value is -3.14. The van der Waals surface area contributed by atoms with Crippen LogP contribution in [0.1, 0.15) is 22.8 Å². The first-order chi connectivity index (χ1) is 11.7. The van der Waals surface area contributed by atoms with Crippen LogP contribution >= 0.6 is 0 Å². The van der Waals surface area contributed by atoms with E-state index in [-0.39, 0.29) is 5.91 Å². The second-order valence-electron chi connectivity index (χ2n) is 5.41. The molecule has 0 aliphatic carbocycles. The maximum atomic E-state index is 12.8. The van der Waals surface area contributed by atoms with E-state index in [4.69, 9.17) is 0 Å². The van der Waals surface area contributed by atoms with Crippen LogP contribution in [0.15, 0.2) is 60.2 Å². The number of nitrogens with one attached hydrogen (secondary N) is 1. The Kier molecular flexibility index (Phi) is 4.29. The highest BCUT2D eigenvalue weighted by Crippen LogP contribution is 2.31. The van der Waals surface area contributed by atoms with Crippen LogP contribution in [0.25, 0.3) is 17.0 Å². The summed E-state index contributed by atoms with van der Waals surface area (Å²) >= 11 is 0. The lowest BCUT2D eigenvalue weighted by Gasteiger charge is -2.10. The highest BCUT2D eigenvalue weighted by atomic mass is 16.1. The maximum Gasteiger partial charge on any atom is 0.257 e. The second kappa shape index (κ2) is 6.54. The van der Waals surface area contributed by atoms with Crippen molar-refractivity contribution in [1.82, 2.24) is 4.57 Å². The summed E-state index contributed by atoms with van der Waals surface area (Å²) in [6.07, 6.45) is 3.58. The molecular formula is C20H19N3O. The van der Waals surface area contributed by atoms with E-state index in [2.05, 4.69) is 35.1 Å². The van der Waals surface area contributed by atoms with Crippen LogP contribution in [0.5, 0.6) is 0 Å². The number of amides is 1. The van der Waals surface area contributed by atoms with Crippen molar-refractivity contribution in [3.05, 3.63) is 66.4 Å². The van der Waals surface area contributed by atoms with Gasteiger partial charge < -0.3 is 9.88 Å². The average molecular weight is 317 g/mol. The third-order valence-electron chi connectivity index (χ3n) is 4.07. The largest absolute Gasteiger partial charge is 0.347 e. The average Bonchev–Trinajstić information content (AvgIpc) is 3.00. The SMILES string of the molecule is C=Cc1cccc(NC(=O)c2cn(CC)c3ccccc23)c1N=C. The molecule has 4 heteroatoms. The first kappa shape index (κ1) is 15.7. The van der Waals surface area contributed by atoms with E-state index in [1.54, 1.807) is 6.08 Å². The van der Waals surface area contributed by atoms with Crippen molar-refractivity contribution in [3.63, 3.8) is 0 Å². The molecule has 24 heavy (non-hydrogen) atoms. The summed E-state index contributed by atoms with van der Waals surface area (Å²) in [5.41, 5.74) is 3.78. The van der Waals surface area contributed by atoms with Gasteiger partial charge >= 0.3 is 0 Å². The molecule has 1 heterocycles. The molecule has 2 aromatic carbocycles. The molecule has 0 saturated heterocycles. The van der Waals surface area contributed by atoms with Gasteiger partial charge in [0.05, 0.1) is 16.9 Å².